The van der Waals surface area contributed by atoms with Crippen LogP contribution in [0.3, 0.4) is 0 Å². The van der Waals surface area contributed by atoms with Crippen LogP contribution in [0.15, 0.2) is 18.2 Å². The minimum absolute atomic E-state index is 0.0445. The van der Waals surface area contributed by atoms with E-state index in [-0.39, 0.29) is 10.8 Å². The van der Waals surface area contributed by atoms with E-state index in [0.29, 0.717) is 0 Å². The van der Waals surface area contributed by atoms with Crippen molar-refractivity contribution in [1.29, 1.82) is 0 Å². The Morgan fingerprint density at radius 1 is 0.947 bits per heavy atom. The van der Waals surface area contributed by atoms with Crippen molar-refractivity contribution in [1.82, 2.24) is 0 Å². The molecule has 0 saturated carbocycles. The summed E-state index contributed by atoms with van der Waals surface area (Å²) in [5, 5.41) is 0. The second-order valence-electron chi connectivity index (χ2n) is 6.90. The third-order valence-corrected chi connectivity index (χ3v) is 4.86. The first-order valence-corrected chi connectivity index (χ1v) is 6.92. The molecule has 0 amide bonds. The second-order valence-corrected chi connectivity index (χ2v) is 6.90. The smallest absolute Gasteiger partial charge is 0.177 e. The Kier molecular flexibility index (Phi) is 3.31. The van der Waals surface area contributed by atoms with Gasteiger partial charge in [-0.05, 0) is 23.5 Å². The maximum atomic E-state index is 5.84. The van der Waals surface area contributed by atoms with Gasteiger partial charge in [0.2, 0.25) is 0 Å². The molecule has 0 saturated heterocycles. The van der Waals surface area contributed by atoms with Gasteiger partial charge in [-0.2, -0.15) is 0 Å². The number of rotatable bonds is 2. The summed E-state index contributed by atoms with van der Waals surface area (Å²) in [6, 6.07) is 6.72. The number of benzene rings is 1. The zero-order valence-corrected chi connectivity index (χ0v) is 13.3. The number of fused-ring (bicyclic) bond motifs is 1. The van der Waals surface area contributed by atoms with Gasteiger partial charge in [0.05, 0.1) is 0 Å². The molecule has 1 aromatic rings. The zero-order valence-electron chi connectivity index (χ0n) is 13.3. The molecule has 1 aromatic carbocycles. The van der Waals surface area contributed by atoms with Gasteiger partial charge < -0.3 is 9.47 Å². The van der Waals surface area contributed by atoms with Gasteiger partial charge in [0.25, 0.3) is 0 Å². The molecule has 19 heavy (non-hydrogen) atoms. The van der Waals surface area contributed by atoms with Crippen LogP contribution in [-0.4, -0.2) is 20.0 Å². The Morgan fingerprint density at radius 3 is 2.05 bits per heavy atom. The van der Waals surface area contributed by atoms with Crippen LogP contribution < -0.4 is 0 Å². The van der Waals surface area contributed by atoms with E-state index >= 15 is 0 Å². The lowest BCUT2D eigenvalue weighted by Crippen LogP contribution is -2.58. The molecule has 0 N–H and O–H groups in total. The summed E-state index contributed by atoms with van der Waals surface area (Å²) < 4.78 is 11.7. The molecule has 0 aromatic heterocycles. The molecule has 1 aliphatic rings. The minimum atomic E-state index is -0.571. The van der Waals surface area contributed by atoms with Crippen molar-refractivity contribution >= 4 is 0 Å². The Bertz CT molecular complexity index is 482. The molecule has 0 spiro atoms. The summed E-state index contributed by atoms with van der Waals surface area (Å²) in [6.07, 6.45) is 0.858. The van der Waals surface area contributed by atoms with E-state index in [1.807, 2.05) is 0 Å². The van der Waals surface area contributed by atoms with Crippen LogP contribution in [0.1, 0.15) is 50.8 Å². The summed E-state index contributed by atoms with van der Waals surface area (Å²) in [5.74, 6) is -0.571. The van der Waals surface area contributed by atoms with Crippen LogP contribution in [0.2, 0.25) is 0 Å². The van der Waals surface area contributed by atoms with Gasteiger partial charge in [-0.3, -0.25) is 0 Å². The second kappa shape index (κ2) is 4.32. The number of methoxy groups -OCH3 is 2. The van der Waals surface area contributed by atoms with Gasteiger partial charge in [0.1, 0.15) is 0 Å². The SMILES string of the molecule is COC1(OC)CC(C)(C)c2cc(C)ccc2C1(C)C. The fourth-order valence-corrected chi connectivity index (χ4v) is 3.60. The van der Waals surface area contributed by atoms with Crippen molar-refractivity contribution in [2.24, 2.45) is 0 Å². The number of ether oxygens (including phenoxy) is 2. The van der Waals surface area contributed by atoms with Crippen LogP contribution >= 0.6 is 0 Å². The van der Waals surface area contributed by atoms with Crippen LogP contribution in [0.25, 0.3) is 0 Å². The number of hydrogen-bond donors (Lipinski definition) is 0. The predicted octanol–water partition coefficient (Wildman–Crippen LogP) is 3.94. The highest BCUT2D eigenvalue weighted by molar-refractivity contribution is 5.45. The third kappa shape index (κ3) is 1.93. The molecule has 1 aliphatic carbocycles. The van der Waals surface area contributed by atoms with Crippen LogP contribution in [0.5, 0.6) is 0 Å². The lowest BCUT2D eigenvalue weighted by Gasteiger charge is -2.54. The standard InChI is InChI=1S/C17H26O2/c1-12-8-9-13-14(10-12)15(2,3)11-17(18-6,19-7)16(13,4)5/h8-10H,11H2,1-7H3. The highest BCUT2D eigenvalue weighted by Gasteiger charge is 2.55. The molecule has 2 rings (SSSR count). The van der Waals surface area contributed by atoms with Gasteiger partial charge in [-0.25, -0.2) is 0 Å². The van der Waals surface area contributed by atoms with E-state index in [1.54, 1.807) is 14.2 Å². The predicted molar refractivity (Wildman–Crippen MR) is 78.6 cm³/mol. The summed E-state index contributed by atoms with van der Waals surface area (Å²) in [6.45, 7) is 11.1. The van der Waals surface area contributed by atoms with Crippen molar-refractivity contribution in [3.8, 4) is 0 Å². The molecule has 2 nitrogen and oxygen atoms in total. The summed E-state index contributed by atoms with van der Waals surface area (Å²) in [5.41, 5.74) is 3.93. The molecule has 2 heteroatoms. The monoisotopic (exact) mass is 262 g/mol. The lowest BCUT2D eigenvalue weighted by atomic mass is 9.59. The Labute approximate surface area is 117 Å². The normalized spacial score (nSPS) is 22.9. The first-order chi connectivity index (χ1) is 8.70. The highest BCUT2D eigenvalue weighted by atomic mass is 16.7. The lowest BCUT2D eigenvalue weighted by molar-refractivity contribution is -0.260. The minimum Gasteiger partial charge on any atom is -0.352 e. The summed E-state index contributed by atoms with van der Waals surface area (Å²) >= 11 is 0. The van der Waals surface area contributed by atoms with E-state index in [4.69, 9.17) is 9.47 Å². The van der Waals surface area contributed by atoms with E-state index in [1.165, 1.54) is 16.7 Å². The fourth-order valence-electron chi connectivity index (χ4n) is 3.60. The fraction of sp³-hybridized carbons (Fsp3) is 0.647. The highest BCUT2D eigenvalue weighted by Crippen LogP contribution is 2.53. The molecule has 0 heterocycles. The molecule has 0 unspecified atom stereocenters. The van der Waals surface area contributed by atoms with E-state index in [9.17, 15) is 0 Å². The molecular formula is C17H26O2. The van der Waals surface area contributed by atoms with Crippen molar-refractivity contribution in [3.05, 3.63) is 34.9 Å². The molecular weight excluding hydrogens is 236 g/mol. The maximum absolute atomic E-state index is 5.84. The third-order valence-electron chi connectivity index (χ3n) is 4.86. The van der Waals surface area contributed by atoms with Gasteiger partial charge >= 0.3 is 0 Å². The Hall–Kier alpha value is -0.860. The molecule has 106 valence electrons. The molecule has 0 aliphatic heterocycles. The van der Waals surface area contributed by atoms with Crippen molar-refractivity contribution in [2.75, 3.05) is 14.2 Å². The Morgan fingerprint density at radius 2 is 1.53 bits per heavy atom. The van der Waals surface area contributed by atoms with E-state index in [0.717, 1.165) is 6.42 Å². The first-order valence-electron chi connectivity index (χ1n) is 6.92. The molecule has 0 radical (unpaired) electrons. The van der Waals surface area contributed by atoms with Gasteiger partial charge in [0, 0.05) is 26.1 Å². The average molecular weight is 262 g/mol. The molecule has 0 atom stereocenters. The van der Waals surface area contributed by atoms with Crippen LogP contribution in [-0.2, 0) is 20.3 Å². The molecule has 0 fully saturated rings. The number of aryl methyl sites for hydroxylation is 1. The quantitative estimate of drug-likeness (QED) is 0.752. The van der Waals surface area contributed by atoms with Gasteiger partial charge in [0.15, 0.2) is 5.79 Å². The van der Waals surface area contributed by atoms with Gasteiger partial charge in [-0.15, -0.1) is 0 Å². The zero-order chi connectivity index (χ0) is 14.5. The average Bonchev–Trinajstić information content (AvgIpc) is 2.34. The van der Waals surface area contributed by atoms with Gasteiger partial charge in [-0.1, -0.05) is 51.5 Å². The van der Waals surface area contributed by atoms with Crippen molar-refractivity contribution in [3.63, 3.8) is 0 Å². The first kappa shape index (κ1) is 14.5. The van der Waals surface area contributed by atoms with Crippen molar-refractivity contribution < 1.29 is 9.47 Å². The largest absolute Gasteiger partial charge is 0.352 e. The van der Waals surface area contributed by atoms with E-state index in [2.05, 4.69) is 52.8 Å². The summed E-state index contributed by atoms with van der Waals surface area (Å²) in [4.78, 5) is 0. The molecule has 0 bridgehead atoms. The van der Waals surface area contributed by atoms with E-state index < -0.39 is 5.79 Å². The Balaban J connectivity index is 2.72. The summed E-state index contributed by atoms with van der Waals surface area (Å²) in [7, 11) is 3.50. The number of hydrogen-bond acceptors (Lipinski definition) is 2. The van der Waals surface area contributed by atoms with Crippen molar-refractivity contribution in [2.45, 2.75) is 57.7 Å². The van der Waals surface area contributed by atoms with Crippen LogP contribution in [0.4, 0.5) is 0 Å². The maximum Gasteiger partial charge on any atom is 0.177 e. The topological polar surface area (TPSA) is 18.5 Å². The van der Waals surface area contributed by atoms with Crippen LogP contribution in [0, 0.1) is 6.92 Å².